The third-order valence-corrected chi connectivity index (χ3v) is 5.30. The first-order valence-corrected chi connectivity index (χ1v) is 10.6. The molecule has 0 bridgehead atoms. The zero-order valence-electron chi connectivity index (χ0n) is 14.3. The van der Waals surface area contributed by atoms with Crippen LogP contribution in [0.4, 0.5) is 10.1 Å². The number of amides is 1. The number of halogens is 2. The highest BCUT2D eigenvalue weighted by atomic mass is 79.9. The number of nitrogens with zero attached hydrogens (tertiary/aromatic N) is 1. The minimum absolute atomic E-state index is 0.282. The van der Waals surface area contributed by atoms with Crippen LogP contribution in [0.3, 0.4) is 0 Å². The predicted molar refractivity (Wildman–Crippen MR) is 104 cm³/mol. The van der Waals surface area contributed by atoms with Crippen LogP contribution in [0.25, 0.3) is 0 Å². The molecule has 0 radical (unpaired) electrons. The van der Waals surface area contributed by atoms with Gasteiger partial charge in [0, 0.05) is 11.0 Å². The molecule has 5 nitrogen and oxygen atoms in total. The number of benzene rings is 2. The molecule has 2 rings (SSSR count). The molecular weight excluding hydrogens is 423 g/mol. The zero-order valence-corrected chi connectivity index (χ0v) is 16.7. The summed E-state index contributed by atoms with van der Waals surface area (Å²) in [5.74, 6) is -0.662. The Kier molecular flexibility index (Phi) is 7.16. The molecular formula is C18H20BrFN2O3S. The molecule has 8 heteroatoms. The fourth-order valence-corrected chi connectivity index (χ4v) is 3.62. The van der Waals surface area contributed by atoms with Gasteiger partial charge in [-0.05, 0) is 48.7 Å². The minimum Gasteiger partial charge on any atom is -0.355 e. The Hall–Kier alpha value is -1.93. The Bertz CT molecular complexity index is 857. The van der Waals surface area contributed by atoms with Gasteiger partial charge in [-0.2, -0.15) is 0 Å². The SMILES string of the molecule is CS(=O)(=O)N(CC(=O)NCCCc1ccc(F)cc1)c1cccc(Br)c1. The van der Waals surface area contributed by atoms with Gasteiger partial charge in [0.25, 0.3) is 0 Å². The topological polar surface area (TPSA) is 66.5 Å². The Labute approximate surface area is 161 Å². The van der Waals surface area contributed by atoms with Crippen molar-refractivity contribution in [2.45, 2.75) is 12.8 Å². The van der Waals surface area contributed by atoms with Gasteiger partial charge in [0.1, 0.15) is 12.4 Å². The quantitative estimate of drug-likeness (QED) is 0.638. The largest absolute Gasteiger partial charge is 0.355 e. The lowest BCUT2D eigenvalue weighted by Crippen LogP contribution is -2.40. The molecule has 0 saturated carbocycles. The second-order valence-electron chi connectivity index (χ2n) is 5.83. The lowest BCUT2D eigenvalue weighted by atomic mass is 10.1. The third-order valence-electron chi connectivity index (χ3n) is 3.66. The first kappa shape index (κ1) is 20.4. The molecule has 0 spiro atoms. The van der Waals surface area contributed by atoms with Gasteiger partial charge in [-0.25, -0.2) is 12.8 Å². The van der Waals surface area contributed by atoms with Crippen LogP contribution >= 0.6 is 15.9 Å². The number of rotatable bonds is 8. The molecule has 0 heterocycles. The number of hydrogen-bond donors (Lipinski definition) is 1. The maximum Gasteiger partial charge on any atom is 0.240 e. The van der Waals surface area contributed by atoms with E-state index >= 15 is 0 Å². The van der Waals surface area contributed by atoms with E-state index in [-0.39, 0.29) is 18.3 Å². The summed E-state index contributed by atoms with van der Waals surface area (Å²) < 4.78 is 38.7. The van der Waals surface area contributed by atoms with Crippen LogP contribution in [0.15, 0.2) is 53.0 Å². The van der Waals surface area contributed by atoms with Crippen LogP contribution in [0.5, 0.6) is 0 Å². The van der Waals surface area contributed by atoms with Crippen LogP contribution in [-0.4, -0.2) is 33.7 Å². The monoisotopic (exact) mass is 442 g/mol. The lowest BCUT2D eigenvalue weighted by molar-refractivity contribution is -0.119. The molecule has 1 N–H and O–H groups in total. The highest BCUT2D eigenvalue weighted by Gasteiger charge is 2.20. The smallest absolute Gasteiger partial charge is 0.240 e. The van der Waals surface area contributed by atoms with Crippen LogP contribution < -0.4 is 9.62 Å². The van der Waals surface area contributed by atoms with Crippen molar-refractivity contribution in [1.82, 2.24) is 5.32 Å². The number of carbonyl (C=O) groups is 1. The molecule has 140 valence electrons. The molecule has 0 unspecified atom stereocenters. The Morgan fingerprint density at radius 3 is 2.50 bits per heavy atom. The lowest BCUT2D eigenvalue weighted by Gasteiger charge is -2.22. The van der Waals surface area contributed by atoms with Crippen LogP contribution in [0, 0.1) is 5.82 Å². The number of hydrogen-bond acceptors (Lipinski definition) is 3. The van der Waals surface area contributed by atoms with Crippen molar-refractivity contribution in [1.29, 1.82) is 0 Å². The van der Waals surface area contributed by atoms with Gasteiger partial charge in [-0.3, -0.25) is 9.10 Å². The van der Waals surface area contributed by atoms with Gasteiger partial charge in [0.15, 0.2) is 0 Å². The number of aryl methyl sites for hydroxylation is 1. The molecule has 0 aromatic heterocycles. The molecule has 2 aromatic carbocycles. The van der Waals surface area contributed by atoms with Gasteiger partial charge in [0.05, 0.1) is 11.9 Å². The normalized spacial score (nSPS) is 11.2. The van der Waals surface area contributed by atoms with Crippen molar-refractivity contribution in [3.8, 4) is 0 Å². The summed E-state index contributed by atoms with van der Waals surface area (Å²) in [6, 6.07) is 13.0. The fourth-order valence-electron chi connectivity index (χ4n) is 2.39. The van der Waals surface area contributed by atoms with Crippen molar-refractivity contribution in [2.75, 3.05) is 23.7 Å². The van der Waals surface area contributed by atoms with Gasteiger partial charge in [-0.15, -0.1) is 0 Å². The first-order chi connectivity index (χ1) is 12.3. The van der Waals surface area contributed by atoms with Gasteiger partial charge >= 0.3 is 0 Å². The van der Waals surface area contributed by atoms with E-state index in [1.54, 1.807) is 36.4 Å². The van der Waals surface area contributed by atoms with E-state index in [1.165, 1.54) is 12.1 Å². The van der Waals surface area contributed by atoms with E-state index in [9.17, 15) is 17.6 Å². The van der Waals surface area contributed by atoms with Crippen LogP contribution in [-0.2, 0) is 21.2 Å². The Morgan fingerprint density at radius 2 is 1.88 bits per heavy atom. The zero-order chi connectivity index (χ0) is 19.2. The highest BCUT2D eigenvalue weighted by molar-refractivity contribution is 9.10. The van der Waals surface area contributed by atoms with Gasteiger partial charge in [-0.1, -0.05) is 34.1 Å². The Balaban J connectivity index is 1.88. The number of nitrogens with one attached hydrogen (secondary N) is 1. The van der Waals surface area contributed by atoms with Crippen LogP contribution in [0.2, 0.25) is 0 Å². The van der Waals surface area contributed by atoms with E-state index in [0.717, 1.165) is 20.6 Å². The first-order valence-electron chi connectivity index (χ1n) is 8.00. The minimum atomic E-state index is -3.59. The number of sulfonamides is 1. The molecule has 0 fully saturated rings. The number of anilines is 1. The summed E-state index contributed by atoms with van der Waals surface area (Å²) >= 11 is 3.30. The molecule has 1 amide bonds. The maximum atomic E-state index is 12.8. The van der Waals surface area contributed by atoms with Crippen molar-refractivity contribution < 1.29 is 17.6 Å². The van der Waals surface area contributed by atoms with E-state index in [0.29, 0.717) is 25.1 Å². The maximum absolute atomic E-state index is 12.8. The van der Waals surface area contributed by atoms with Gasteiger partial charge < -0.3 is 5.32 Å². The standard InChI is InChI=1S/C18H20BrFN2O3S/c1-26(24,25)22(17-6-2-5-15(19)12-17)13-18(23)21-11-3-4-14-7-9-16(20)10-8-14/h2,5-10,12H,3-4,11,13H2,1H3,(H,21,23). The van der Waals surface area contributed by atoms with Crippen molar-refractivity contribution in [3.63, 3.8) is 0 Å². The fraction of sp³-hybridized carbons (Fsp3) is 0.278. The average molecular weight is 443 g/mol. The molecule has 0 aliphatic heterocycles. The third kappa shape index (κ3) is 6.42. The summed E-state index contributed by atoms with van der Waals surface area (Å²) in [4.78, 5) is 12.1. The summed E-state index contributed by atoms with van der Waals surface area (Å²) in [5, 5.41) is 2.72. The van der Waals surface area contributed by atoms with Gasteiger partial charge in [0.2, 0.25) is 15.9 Å². The second-order valence-corrected chi connectivity index (χ2v) is 8.65. The molecule has 0 saturated heterocycles. The van der Waals surface area contributed by atoms with Crippen molar-refractivity contribution >= 4 is 37.5 Å². The summed E-state index contributed by atoms with van der Waals surface area (Å²) in [6.07, 6.45) is 2.44. The molecule has 0 aliphatic rings. The predicted octanol–water partition coefficient (Wildman–Crippen LogP) is 3.10. The van der Waals surface area contributed by atoms with E-state index in [1.807, 2.05) is 0 Å². The molecule has 2 aromatic rings. The average Bonchev–Trinajstić information content (AvgIpc) is 2.57. The Morgan fingerprint density at radius 1 is 1.19 bits per heavy atom. The molecule has 26 heavy (non-hydrogen) atoms. The van der Waals surface area contributed by atoms with E-state index in [2.05, 4.69) is 21.2 Å². The molecule has 0 atom stereocenters. The van der Waals surface area contributed by atoms with E-state index in [4.69, 9.17) is 0 Å². The highest BCUT2D eigenvalue weighted by Crippen LogP contribution is 2.21. The summed E-state index contributed by atoms with van der Waals surface area (Å²) in [6.45, 7) is 0.123. The number of carbonyl (C=O) groups excluding carboxylic acids is 1. The summed E-state index contributed by atoms with van der Waals surface area (Å²) in [5.41, 5.74) is 1.40. The van der Waals surface area contributed by atoms with Crippen LogP contribution in [0.1, 0.15) is 12.0 Å². The van der Waals surface area contributed by atoms with E-state index < -0.39 is 10.0 Å². The van der Waals surface area contributed by atoms with Crippen molar-refractivity contribution in [2.24, 2.45) is 0 Å². The summed E-state index contributed by atoms with van der Waals surface area (Å²) in [7, 11) is -3.59. The second kappa shape index (κ2) is 9.14. The molecule has 0 aliphatic carbocycles. The van der Waals surface area contributed by atoms with Crippen molar-refractivity contribution in [3.05, 3.63) is 64.4 Å².